The van der Waals surface area contributed by atoms with Gasteiger partial charge in [-0.1, -0.05) is 29.5 Å². The number of ether oxygens (including phenoxy) is 1. The van der Waals surface area contributed by atoms with Crippen molar-refractivity contribution in [3.63, 3.8) is 0 Å². The summed E-state index contributed by atoms with van der Waals surface area (Å²) in [4.78, 5) is 8.06. The molecule has 38 heavy (non-hydrogen) atoms. The number of fused-ring (bicyclic) bond motifs is 3. The maximum Gasteiger partial charge on any atom is 0.208 e. The normalized spacial score (nSPS) is 22.4. The summed E-state index contributed by atoms with van der Waals surface area (Å²) in [5.41, 5.74) is 5.27. The van der Waals surface area contributed by atoms with E-state index >= 15 is 0 Å². The number of rotatable bonds is 6. The third-order valence-electron chi connectivity index (χ3n) is 7.65. The van der Waals surface area contributed by atoms with E-state index in [-0.39, 0.29) is 6.04 Å². The van der Waals surface area contributed by atoms with Crippen LogP contribution in [0, 0.1) is 24.2 Å². The van der Waals surface area contributed by atoms with Gasteiger partial charge in [-0.25, -0.2) is 4.52 Å². The molecule has 7 heterocycles. The molecule has 0 radical (unpaired) electrons. The van der Waals surface area contributed by atoms with Gasteiger partial charge in [-0.05, 0) is 49.4 Å². The van der Waals surface area contributed by atoms with Crippen molar-refractivity contribution in [2.45, 2.75) is 25.4 Å². The van der Waals surface area contributed by atoms with Crippen LogP contribution in [-0.2, 0) is 4.74 Å². The van der Waals surface area contributed by atoms with Crippen molar-refractivity contribution < 1.29 is 4.74 Å². The lowest BCUT2D eigenvalue weighted by atomic mass is 9.66. The summed E-state index contributed by atoms with van der Waals surface area (Å²) in [7, 11) is 0. The third-order valence-corrected chi connectivity index (χ3v) is 8.78. The number of nitrogens with one attached hydrogen (secondary N) is 2. The second-order valence-electron chi connectivity index (χ2n) is 10.2. The maximum absolute atomic E-state index is 5.55. The molecule has 4 aromatic heterocycles. The molecule has 8 rings (SSSR count). The van der Waals surface area contributed by atoms with Gasteiger partial charge in [0.15, 0.2) is 5.01 Å². The van der Waals surface area contributed by atoms with Crippen molar-refractivity contribution in [1.82, 2.24) is 30.1 Å². The van der Waals surface area contributed by atoms with Gasteiger partial charge in [-0.3, -0.25) is 4.98 Å². The average molecular weight is 543 g/mol. The molecule has 4 aliphatic rings. The van der Waals surface area contributed by atoms with E-state index in [0.29, 0.717) is 31.1 Å². The quantitative estimate of drug-likeness (QED) is 0.281. The number of thiocarbonyl (C=S) groups is 1. The lowest BCUT2D eigenvalue weighted by Gasteiger charge is -2.53. The molecule has 11 heteroatoms. The van der Waals surface area contributed by atoms with Crippen LogP contribution in [0.2, 0.25) is 0 Å². The van der Waals surface area contributed by atoms with Crippen LogP contribution in [0.5, 0.6) is 0 Å². The molecule has 1 saturated carbocycles. The summed E-state index contributed by atoms with van der Waals surface area (Å²) < 4.78 is 7.27. The smallest absolute Gasteiger partial charge is 0.208 e. The molecule has 3 atom stereocenters. The Balaban J connectivity index is 1.18. The summed E-state index contributed by atoms with van der Waals surface area (Å²) >= 11 is 6.89. The Bertz CT molecular complexity index is 1570. The minimum absolute atomic E-state index is 0.250. The minimum Gasteiger partial charge on any atom is -0.377 e. The first kappa shape index (κ1) is 23.5. The molecule has 4 aromatic rings. The number of hydrogen-bond acceptors (Lipinski definition) is 9. The van der Waals surface area contributed by atoms with E-state index in [4.69, 9.17) is 28.4 Å². The van der Waals surface area contributed by atoms with E-state index in [1.807, 2.05) is 35.8 Å². The molecule has 0 spiro atoms. The van der Waals surface area contributed by atoms with E-state index in [2.05, 4.69) is 42.8 Å². The van der Waals surface area contributed by atoms with Crippen molar-refractivity contribution >= 4 is 44.9 Å². The van der Waals surface area contributed by atoms with Crippen molar-refractivity contribution in [3.05, 3.63) is 42.2 Å². The minimum atomic E-state index is 0.250. The lowest BCUT2D eigenvalue weighted by molar-refractivity contribution is 0.0211. The monoisotopic (exact) mass is 542 g/mol. The molecular formula is C27H26N8OS2. The highest BCUT2D eigenvalue weighted by Gasteiger charge is 2.47. The van der Waals surface area contributed by atoms with Crippen LogP contribution in [0.1, 0.15) is 18.9 Å². The number of aromatic nitrogens is 5. The fourth-order valence-corrected chi connectivity index (χ4v) is 6.69. The number of nitrogens with zero attached hydrogens (tertiary/aromatic N) is 6. The summed E-state index contributed by atoms with van der Waals surface area (Å²) in [6.07, 6.45) is 10.4. The molecule has 2 N–H and O–H groups in total. The Kier molecular flexibility index (Phi) is 5.76. The Morgan fingerprint density at radius 2 is 2.03 bits per heavy atom. The predicted molar refractivity (Wildman–Crippen MR) is 152 cm³/mol. The molecule has 9 nitrogen and oxygen atoms in total. The zero-order valence-corrected chi connectivity index (χ0v) is 22.4. The van der Waals surface area contributed by atoms with E-state index < -0.39 is 0 Å². The first-order chi connectivity index (χ1) is 18.6. The first-order valence-corrected chi connectivity index (χ1v) is 13.9. The van der Waals surface area contributed by atoms with E-state index in [0.717, 1.165) is 61.9 Å². The SMILES string of the molecule is C#Cc1cnn2c(-c3cc(NC4COC4)c(-c4nnc(N5C[C@H]6C[C@@H](C5)C6NC(C)=S)s4)cn3)ccc2c1. The highest BCUT2D eigenvalue weighted by Crippen LogP contribution is 2.43. The Hall–Kier alpha value is -3.59. The summed E-state index contributed by atoms with van der Waals surface area (Å²) in [6, 6.07) is 8.76. The molecule has 3 aliphatic heterocycles. The van der Waals surface area contributed by atoms with Crippen LogP contribution in [-0.4, -0.2) is 68.2 Å². The standard InChI is InChI=1S/C27H26N8OS2/c1-3-16-6-20-4-5-24(35(20)29-9-16)23-8-22(31-19-13-36-14-19)21(10-28-23)26-32-33-27(38-26)34-11-17-7-18(12-34)25(17)30-15(2)37/h1,4-6,8-10,17-19,25H,7,11-14H2,2H3,(H,28,31)(H,30,37)/t17-,18+,25?. The number of terminal acetylenes is 1. The molecule has 2 bridgehead atoms. The van der Waals surface area contributed by atoms with Gasteiger partial charge >= 0.3 is 0 Å². The highest BCUT2D eigenvalue weighted by molar-refractivity contribution is 7.80. The molecule has 0 aromatic carbocycles. The topological polar surface area (TPSA) is 92.5 Å². The number of anilines is 2. The van der Waals surface area contributed by atoms with Crippen LogP contribution >= 0.6 is 23.6 Å². The maximum atomic E-state index is 5.55. The highest BCUT2D eigenvalue weighted by atomic mass is 32.1. The zero-order valence-electron chi connectivity index (χ0n) is 20.8. The van der Waals surface area contributed by atoms with Gasteiger partial charge in [0.1, 0.15) is 0 Å². The fourth-order valence-electron chi connectivity index (χ4n) is 5.66. The largest absolute Gasteiger partial charge is 0.377 e. The van der Waals surface area contributed by atoms with E-state index in [9.17, 15) is 0 Å². The van der Waals surface area contributed by atoms with Crippen molar-refractivity contribution in [1.29, 1.82) is 0 Å². The fraction of sp³-hybridized carbons (Fsp3) is 0.370. The number of piperidine rings is 2. The Morgan fingerprint density at radius 1 is 1.18 bits per heavy atom. The second-order valence-corrected chi connectivity index (χ2v) is 11.8. The average Bonchev–Trinajstić information content (AvgIpc) is 3.56. The van der Waals surface area contributed by atoms with Crippen molar-refractivity contribution in [2.24, 2.45) is 11.8 Å². The second kappa shape index (κ2) is 9.31. The van der Waals surface area contributed by atoms with E-state index in [1.54, 1.807) is 17.5 Å². The van der Waals surface area contributed by atoms with Gasteiger partial charge in [0, 0.05) is 36.6 Å². The van der Waals surface area contributed by atoms with Crippen LogP contribution in [0.4, 0.5) is 10.8 Å². The van der Waals surface area contributed by atoms with E-state index in [1.165, 1.54) is 6.42 Å². The molecule has 4 fully saturated rings. The predicted octanol–water partition coefficient (Wildman–Crippen LogP) is 3.47. The van der Waals surface area contributed by atoms with Crippen LogP contribution in [0.15, 0.2) is 36.7 Å². The van der Waals surface area contributed by atoms with Crippen LogP contribution in [0.3, 0.4) is 0 Å². The van der Waals surface area contributed by atoms with Crippen molar-refractivity contribution in [2.75, 3.05) is 36.5 Å². The summed E-state index contributed by atoms with van der Waals surface area (Å²) in [5, 5.41) is 22.6. The summed E-state index contributed by atoms with van der Waals surface area (Å²) in [6.45, 7) is 5.26. The Labute approximate surface area is 229 Å². The Morgan fingerprint density at radius 3 is 2.76 bits per heavy atom. The van der Waals surface area contributed by atoms with Gasteiger partial charge in [-0.2, -0.15) is 5.10 Å². The van der Waals surface area contributed by atoms with Crippen LogP contribution in [0.25, 0.3) is 27.5 Å². The van der Waals surface area contributed by atoms with Gasteiger partial charge in [0.05, 0.1) is 52.9 Å². The molecule has 1 unspecified atom stereocenters. The lowest BCUT2D eigenvalue weighted by Crippen LogP contribution is -2.64. The molecule has 0 amide bonds. The van der Waals surface area contributed by atoms with Crippen LogP contribution < -0.4 is 15.5 Å². The van der Waals surface area contributed by atoms with Crippen molar-refractivity contribution in [3.8, 4) is 34.3 Å². The third kappa shape index (κ3) is 4.09. The van der Waals surface area contributed by atoms with Gasteiger partial charge in [0.25, 0.3) is 0 Å². The van der Waals surface area contributed by atoms with Gasteiger partial charge in [0.2, 0.25) is 5.13 Å². The zero-order chi connectivity index (χ0) is 25.8. The molecule has 192 valence electrons. The molecular weight excluding hydrogens is 516 g/mol. The molecule has 1 aliphatic carbocycles. The number of hydrogen-bond donors (Lipinski definition) is 2. The van der Waals surface area contributed by atoms with Gasteiger partial charge in [-0.15, -0.1) is 16.6 Å². The summed E-state index contributed by atoms with van der Waals surface area (Å²) in [5.74, 6) is 3.83. The number of pyridine rings is 1. The molecule has 3 saturated heterocycles. The van der Waals surface area contributed by atoms with Gasteiger partial charge < -0.3 is 20.3 Å². The first-order valence-electron chi connectivity index (χ1n) is 12.7.